The third-order valence-corrected chi connectivity index (χ3v) is 6.82. The van der Waals surface area contributed by atoms with E-state index in [-0.39, 0.29) is 25.4 Å². The topological polar surface area (TPSA) is 76.9 Å². The zero-order valence-corrected chi connectivity index (χ0v) is 22.4. The average molecular weight is 565 g/mol. The lowest BCUT2D eigenvalue weighted by atomic mass is 10.1. The van der Waals surface area contributed by atoms with Gasteiger partial charge >= 0.3 is 5.97 Å². The standard InChI is InChI=1S/C30H27F3N4O4/c1-3-41-30(39)24-18-26(37(34-24)25-6-4-5-7-27(25)40-2)19-8-10-21(11-9-19)35-12-14-36(15-13-35)29(38)28-22(32)16-20(31)17-23(28)33/h4-11,16-18H,3,12-15H2,1-2H3. The molecule has 5 rings (SSSR count). The van der Waals surface area contributed by atoms with E-state index in [2.05, 4.69) is 5.10 Å². The number of nitrogens with zero attached hydrogens (tertiary/aromatic N) is 4. The second-order valence-corrected chi connectivity index (χ2v) is 9.29. The summed E-state index contributed by atoms with van der Waals surface area (Å²) in [5.41, 5.74) is 2.39. The van der Waals surface area contributed by atoms with Crippen LogP contribution in [0.15, 0.2) is 66.7 Å². The highest BCUT2D eigenvalue weighted by Gasteiger charge is 2.27. The van der Waals surface area contributed by atoms with Crippen molar-refractivity contribution in [3.8, 4) is 22.7 Å². The van der Waals surface area contributed by atoms with Crippen molar-refractivity contribution in [2.45, 2.75) is 6.92 Å². The van der Waals surface area contributed by atoms with Gasteiger partial charge in [0, 0.05) is 49.6 Å². The van der Waals surface area contributed by atoms with Crippen molar-refractivity contribution in [1.82, 2.24) is 14.7 Å². The molecule has 3 aromatic carbocycles. The fourth-order valence-corrected chi connectivity index (χ4v) is 4.80. The number of anilines is 1. The number of para-hydroxylation sites is 2. The predicted molar refractivity (Wildman–Crippen MR) is 146 cm³/mol. The van der Waals surface area contributed by atoms with Gasteiger partial charge < -0.3 is 19.3 Å². The molecule has 1 amide bonds. The Morgan fingerprint density at radius 2 is 1.56 bits per heavy atom. The Morgan fingerprint density at radius 1 is 0.902 bits per heavy atom. The number of hydrogen-bond acceptors (Lipinski definition) is 6. The third-order valence-electron chi connectivity index (χ3n) is 6.82. The van der Waals surface area contributed by atoms with Gasteiger partial charge in [-0.3, -0.25) is 4.79 Å². The minimum Gasteiger partial charge on any atom is -0.494 e. The summed E-state index contributed by atoms with van der Waals surface area (Å²) in [6, 6.07) is 17.6. The second-order valence-electron chi connectivity index (χ2n) is 9.29. The van der Waals surface area contributed by atoms with Crippen LogP contribution in [0, 0.1) is 17.5 Å². The summed E-state index contributed by atoms with van der Waals surface area (Å²) in [6.45, 7) is 3.28. The van der Waals surface area contributed by atoms with Crippen molar-refractivity contribution in [3.05, 3.63) is 95.4 Å². The van der Waals surface area contributed by atoms with Crippen molar-refractivity contribution in [3.63, 3.8) is 0 Å². The Hall–Kier alpha value is -4.80. The lowest BCUT2D eigenvalue weighted by molar-refractivity contribution is 0.0518. The Balaban J connectivity index is 1.35. The largest absolute Gasteiger partial charge is 0.494 e. The summed E-state index contributed by atoms with van der Waals surface area (Å²) < 4.78 is 53.8. The van der Waals surface area contributed by atoms with Crippen molar-refractivity contribution in [2.24, 2.45) is 0 Å². The monoisotopic (exact) mass is 564 g/mol. The molecule has 1 aromatic heterocycles. The van der Waals surface area contributed by atoms with E-state index in [1.54, 1.807) is 30.8 Å². The Kier molecular flexibility index (Phi) is 7.95. The minimum atomic E-state index is -1.22. The van der Waals surface area contributed by atoms with Crippen LogP contribution in [0.4, 0.5) is 18.9 Å². The van der Waals surface area contributed by atoms with Crippen LogP contribution in [0.1, 0.15) is 27.8 Å². The number of ether oxygens (including phenoxy) is 2. The van der Waals surface area contributed by atoms with E-state index in [9.17, 15) is 22.8 Å². The van der Waals surface area contributed by atoms with Gasteiger partial charge in [0.25, 0.3) is 5.91 Å². The van der Waals surface area contributed by atoms with Crippen LogP contribution >= 0.6 is 0 Å². The van der Waals surface area contributed by atoms with Crippen LogP contribution in [-0.4, -0.2) is 66.5 Å². The van der Waals surface area contributed by atoms with Gasteiger partial charge in [-0.2, -0.15) is 5.10 Å². The number of methoxy groups -OCH3 is 1. The van der Waals surface area contributed by atoms with Gasteiger partial charge in [0.2, 0.25) is 0 Å². The number of carbonyl (C=O) groups excluding carboxylic acids is 2. The number of benzene rings is 3. The van der Waals surface area contributed by atoms with Gasteiger partial charge in [-0.25, -0.2) is 22.6 Å². The molecule has 11 heteroatoms. The molecular weight excluding hydrogens is 537 g/mol. The molecule has 1 saturated heterocycles. The molecule has 1 aliphatic heterocycles. The molecular formula is C30H27F3N4O4. The fourth-order valence-electron chi connectivity index (χ4n) is 4.80. The van der Waals surface area contributed by atoms with Gasteiger partial charge in [-0.05, 0) is 37.3 Å². The summed E-state index contributed by atoms with van der Waals surface area (Å²) in [7, 11) is 1.56. The van der Waals surface area contributed by atoms with Gasteiger partial charge in [-0.15, -0.1) is 0 Å². The molecule has 4 aromatic rings. The van der Waals surface area contributed by atoms with Crippen LogP contribution in [0.2, 0.25) is 0 Å². The van der Waals surface area contributed by atoms with Crippen LogP contribution in [0.25, 0.3) is 16.9 Å². The number of piperazine rings is 1. The highest BCUT2D eigenvalue weighted by atomic mass is 19.1. The van der Waals surface area contributed by atoms with Crippen molar-refractivity contribution in [1.29, 1.82) is 0 Å². The molecule has 41 heavy (non-hydrogen) atoms. The maximum Gasteiger partial charge on any atom is 0.358 e. The zero-order valence-electron chi connectivity index (χ0n) is 22.4. The van der Waals surface area contributed by atoms with Gasteiger partial charge in [0.15, 0.2) is 5.69 Å². The molecule has 1 fully saturated rings. The second kappa shape index (κ2) is 11.7. The lowest BCUT2D eigenvalue weighted by Crippen LogP contribution is -2.49. The summed E-state index contributed by atoms with van der Waals surface area (Å²) in [6.07, 6.45) is 0. The predicted octanol–water partition coefficient (Wildman–Crippen LogP) is 5.10. The summed E-state index contributed by atoms with van der Waals surface area (Å²) >= 11 is 0. The highest BCUT2D eigenvalue weighted by molar-refractivity contribution is 5.95. The van der Waals surface area contributed by atoms with E-state index < -0.39 is 34.9 Å². The van der Waals surface area contributed by atoms with E-state index in [4.69, 9.17) is 9.47 Å². The molecule has 0 unspecified atom stereocenters. The first kappa shape index (κ1) is 27.8. The summed E-state index contributed by atoms with van der Waals surface area (Å²) in [5.74, 6) is -4.28. The molecule has 0 spiro atoms. The first-order chi connectivity index (χ1) is 19.8. The van der Waals surface area contributed by atoms with Crippen LogP contribution < -0.4 is 9.64 Å². The van der Waals surface area contributed by atoms with E-state index in [1.807, 2.05) is 47.4 Å². The smallest absolute Gasteiger partial charge is 0.358 e. The van der Waals surface area contributed by atoms with Gasteiger partial charge in [0.05, 0.1) is 19.4 Å². The number of amides is 1. The molecule has 1 aliphatic rings. The first-order valence-corrected chi connectivity index (χ1v) is 13.0. The molecule has 0 N–H and O–H groups in total. The zero-order chi connectivity index (χ0) is 29.1. The van der Waals surface area contributed by atoms with Crippen molar-refractivity contribution < 1.29 is 32.2 Å². The SMILES string of the molecule is CCOC(=O)c1cc(-c2ccc(N3CCN(C(=O)c4c(F)cc(F)cc4F)CC3)cc2)n(-c2ccccc2OC)n1. The maximum absolute atomic E-state index is 14.1. The Labute approximate surface area is 234 Å². The van der Waals surface area contributed by atoms with Crippen LogP contribution in [0.5, 0.6) is 5.75 Å². The van der Waals surface area contributed by atoms with E-state index in [1.165, 1.54) is 4.90 Å². The number of esters is 1. The number of rotatable bonds is 7. The molecule has 2 heterocycles. The van der Waals surface area contributed by atoms with Crippen molar-refractivity contribution >= 4 is 17.6 Å². The number of halogens is 3. The molecule has 0 aliphatic carbocycles. The average Bonchev–Trinajstić information content (AvgIpc) is 3.42. The normalized spacial score (nSPS) is 13.3. The summed E-state index contributed by atoms with van der Waals surface area (Å²) in [4.78, 5) is 28.6. The quantitative estimate of drug-likeness (QED) is 0.291. The third kappa shape index (κ3) is 5.60. The number of aromatic nitrogens is 2. The lowest BCUT2D eigenvalue weighted by Gasteiger charge is -2.36. The highest BCUT2D eigenvalue weighted by Crippen LogP contribution is 2.31. The Morgan fingerprint density at radius 3 is 2.20 bits per heavy atom. The van der Waals surface area contributed by atoms with E-state index in [0.29, 0.717) is 42.4 Å². The van der Waals surface area contributed by atoms with E-state index in [0.717, 1.165) is 11.3 Å². The van der Waals surface area contributed by atoms with Crippen LogP contribution in [-0.2, 0) is 4.74 Å². The number of carbonyl (C=O) groups is 2. The van der Waals surface area contributed by atoms with Crippen molar-refractivity contribution in [2.75, 3.05) is 44.8 Å². The van der Waals surface area contributed by atoms with Gasteiger partial charge in [0.1, 0.15) is 34.5 Å². The molecule has 0 bridgehead atoms. The molecule has 8 nitrogen and oxygen atoms in total. The maximum atomic E-state index is 14.1. The van der Waals surface area contributed by atoms with Crippen LogP contribution in [0.3, 0.4) is 0 Å². The van der Waals surface area contributed by atoms with E-state index >= 15 is 0 Å². The Bertz CT molecular complexity index is 1560. The molecule has 0 radical (unpaired) electrons. The molecule has 212 valence electrons. The molecule has 0 saturated carbocycles. The number of hydrogen-bond donors (Lipinski definition) is 0. The fraction of sp³-hybridized carbons (Fsp3) is 0.233. The van der Waals surface area contributed by atoms with Gasteiger partial charge in [-0.1, -0.05) is 24.3 Å². The first-order valence-electron chi connectivity index (χ1n) is 13.0. The molecule has 0 atom stereocenters. The minimum absolute atomic E-state index is 0.159. The summed E-state index contributed by atoms with van der Waals surface area (Å²) in [5, 5.41) is 4.50.